The van der Waals surface area contributed by atoms with Crippen molar-refractivity contribution < 1.29 is 9.53 Å². The van der Waals surface area contributed by atoms with E-state index >= 15 is 0 Å². The molecule has 0 spiro atoms. The molecule has 2 amide bonds. The maximum absolute atomic E-state index is 11.9. The van der Waals surface area contributed by atoms with Crippen LogP contribution in [0.1, 0.15) is 33.1 Å². The summed E-state index contributed by atoms with van der Waals surface area (Å²) in [6, 6.07) is 0.335. The molecular formula is C14H26N2O2S. The van der Waals surface area contributed by atoms with E-state index in [0.29, 0.717) is 24.0 Å². The van der Waals surface area contributed by atoms with Gasteiger partial charge in [0.25, 0.3) is 0 Å². The molecular weight excluding hydrogens is 260 g/mol. The van der Waals surface area contributed by atoms with Gasteiger partial charge in [-0.1, -0.05) is 13.8 Å². The van der Waals surface area contributed by atoms with Crippen LogP contribution in [0, 0.1) is 11.8 Å². The summed E-state index contributed by atoms with van der Waals surface area (Å²) in [6.45, 7) is 5.93. The van der Waals surface area contributed by atoms with Gasteiger partial charge in [-0.15, -0.1) is 0 Å². The van der Waals surface area contributed by atoms with Crippen LogP contribution in [0.25, 0.3) is 0 Å². The Morgan fingerprint density at radius 3 is 2.95 bits per heavy atom. The average Bonchev–Trinajstić information content (AvgIpc) is 2.86. The second kappa shape index (κ2) is 7.39. The summed E-state index contributed by atoms with van der Waals surface area (Å²) >= 11 is 1.93. The van der Waals surface area contributed by atoms with Gasteiger partial charge in [-0.25, -0.2) is 4.79 Å². The Bertz CT molecular complexity index is 293. The molecule has 110 valence electrons. The van der Waals surface area contributed by atoms with Crippen molar-refractivity contribution in [2.75, 3.05) is 24.7 Å². The average molecular weight is 286 g/mol. The number of carbonyl (C=O) groups is 1. The fraction of sp³-hybridized carbons (Fsp3) is 0.929. The summed E-state index contributed by atoms with van der Waals surface area (Å²) in [5, 5.41) is 6.09. The van der Waals surface area contributed by atoms with Gasteiger partial charge in [-0.3, -0.25) is 0 Å². The Morgan fingerprint density at radius 1 is 1.42 bits per heavy atom. The van der Waals surface area contributed by atoms with Crippen molar-refractivity contribution in [3.05, 3.63) is 0 Å². The number of rotatable bonds is 4. The summed E-state index contributed by atoms with van der Waals surface area (Å²) in [5.41, 5.74) is 0. The molecule has 2 fully saturated rings. The molecule has 0 saturated carbocycles. The zero-order valence-electron chi connectivity index (χ0n) is 12.0. The van der Waals surface area contributed by atoms with Crippen molar-refractivity contribution in [1.82, 2.24) is 10.6 Å². The van der Waals surface area contributed by atoms with Gasteiger partial charge in [0, 0.05) is 30.9 Å². The molecule has 0 aromatic carbocycles. The second-order valence-corrected chi connectivity index (χ2v) is 7.05. The first kappa shape index (κ1) is 15.0. The number of amides is 2. The van der Waals surface area contributed by atoms with E-state index in [1.54, 1.807) is 0 Å². The quantitative estimate of drug-likeness (QED) is 0.833. The lowest BCUT2D eigenvalue weighted by Gasteiger charge is -2.25. The first-order valence-corrected chi connectivity index (χ1v) is 8.56. The van der Waals surface area contributed by atoms with E-state index in [1.807, 2.05) is 11.8 Å². The smallest absolute Gasteiger partial charge is 0.315 e. The van der Waals surface area contributed by atoms with Crippen LogP contribution in [0.3, 0.4) is 0 Å². The highest BCUT2D eigenvalue weighted by Gasteiger charge is 2.30. The lowest BCUT2D eigenvalue weighted by atomic mass is 9.93. The minimum Gasteiger partial charge on any atom is -0.378 e. The Balaban J connectivity index is 1.68. The molecule has 2 aliphatic rings. The maximum atomic E-state index is 11.9. The van der Waals surface area contributed by atoms with Gasteiger partial charge in [0.05, 0.1) is 6.10 Å². The van der Waals surface area contributed by atoms with Crippen molar-refractivity contribution in [3.63, 3.8) is 0 Å². The summed E-state index contributed by atoms with van der Waals surface area (Å²) < 4.78 is 5.73. The molecule has 4 nitrogen and oxygen atoms in total. The number of urea groups is 1. The van der Waals surface area contributed by atoms with E-state index in [2.05, 4.69) is 24.5 Å². The first-order chi connectivity index (χ1) is 9.16. The molecule has 0 aromatic rings. The molecule has 3 atom stereocenters. The van der Waals surface area contributed by atoms with E-state index < -0.39 is 0 Å². The van der Waals surface area contributed by atoms with Crippen molar-refractivity contribution in [2.24, 2.45) is 11.8 Å². The fourth-order valence-electron chi connectivity index (χ4n) is 2.93. The molecule has 2 heterocycles. The standard InChI is InChI=1S/C14H26N2O2S/c1-10(2)13-11(5-6-18-13)8-15-14(17)16-12-4-3-7-19-9-12/h10-13H,3-9H2,1-2H3,(H2,15,16,17)/t11-,12-,13+/m1/s1. The predicted octanol–water partition coefficient (Wildman–Crippen LogP) is 2.24. The Kier molecular flexibility index (Phi) is 5.82. The van der Waals surface area contributed by atoms with Crippen LogP contribution in [-0.2, 0) is 4.74 Å². The van der Waals surface area contributed by atoms with Crippen LogP contribution in [-0.4, -0.2) is 42.8 Å². The number of nitrogens with one attached hydrogen (secondary N) is 2. The zero-order chi connectivity index (χ0) is 13.7. The van der Waals surface area contributed by atoms with E-state index in [9.17, 15) is 4.79 Å². The van der Waals surface area contributed by atoms with Gasteiger partial charge in [0.15, 0.2) is 0 Å². The lowest BCUT2D eigenvalue weighted by molar-refractivity contribution is 0.0545. The van der Waals surface area contributed by atoms with Crippen LogP contribution in [0.4, 0.5) is 4.79 Å². The Labute approximate surface area is 120 Å². The molecule has 2 rings (SSSR count). The van der Waals surface area contributed by atoms with Crippen molar-refractivity contribution >= 4 is 17.8 Å². The Hall–Kier alpha value is -0.420. The summed E-state index contributed by atoms with van der Waals surface area (Å²) in [5.74, 6) is 3.27. The molecule has 2 saturated heterocycles. The molecule has 2 aliphatic heterocycles. The first-order valence-electron chi connectivity index (χ1n) is 7.40. The minimum atomic E-state index is -0.0121. The molecule has 2 N–H and O–H groups in total. The van der Waals surface area contributed by atoms with Crippen molar-refractivity contribution in [1.29, 1.82) is 0 Å². The van der Waals surface area contributed by atoms with E-state index in [0.717, 1.165) is 31.7 Å². The van der Waals surface area contributed by atoms with Crippen LogP contribution in [0.15, 0.2) is 0 Å². The van der Waals surface area contributed by atoms with Crippen LogP contribution < -0.4 is 10.6 Å². The second-order valence-electron chi connectivity index (χ2n) is 5.90. The monoisotopic (exact) mass is 286 g/mol. The third-order valence-electron chi connectivity index (χ3n) is 3.94. The van der Waals surface area contributed by atoms with E-state index in [4.69, 9.17) is 4.74 Å². The van der Waals surface area contributed by atoms with Crippen molar-refractivity contribution in [3.8, 4) is 0 Å². The molecule has 19 heavy (non-hydrogen) atoms. The Morgan fingerprint density at radius 2 is 2.26 bits per heavy atom. The van der Waals surface area contributed by atoms with Crippen LogP contribution in [0.2, 0.25) is 0 Å². The summed E-state index contributed by atoms with van der Waals surface area (Å²) in [4.78, 5) is 11.9. The highest BCUT2D eigenvalue weighted by atomic mass is 32.2. The molecule has 0 bridgehead atoms. The normalized spacial score (nSPS) is 31.4. The van der Waals surface area contributed by atoms with Gasteiger partial charge in [-0.2, -0.15) is 11.8 Å². The van der Waals surface area contributed by atoms with Gasteiger partial charge < -0.3 is 15.4 Å². The fourth-order valence-corrected chi connectivity index (χ4v) is 4.00. The maximum Gasteiger partial charge on any atom is 0.315 e. The van der Waals surface area contributed by atoms with Gasteiger partial charge >= 0.3 is 6.03 Å². The van der Waals surface area contributed by atoms with Crippen LogP contribution >= 0.6 is 11.8 Å². The number of carbonyl (C=O) groups excluding carboxylic acids is 1. The SMILES string of the molecule is CC(C)[C@@H]1OCC[C@@H]1CNC(=O)N[C@@H]1CCCSC1. The zero-order valence-corrected chi connectivity index (χ0v) is 12.8. The highest BCUT2D eigenvalue weighted by Crippen LogP contribution is 2.26. The van der Waals surface area contributed by atoms with Gasteiger partial charge in [0.2, 0.25) is 0 Å². The molecule has 0 aromatic heterocycles. The number of ether oxygens (including phenoxy) is 1. The minimum absolute atomic E-state index is 0.0121. The molecule has 0 unspecified atom stereocenters. The molecule has 0 radical (unpaired) electrons. The van der Waals surface area contributed by atoms with Gasteiger partial charge in [-0.05, 0) is 30.9 Å². The number of thioether (sulfide) groups is 1. The molecule has 0 aliphatic carbocycles. The number of hydrogen-bond acceptors (Lipinski definition) is 3. The largest absolute Gasteiger partial charge is 0.378 e. The predicted molar refractivity (Wildman–Crippen MR) is 79.6 cm³/mol. The van der Waals surface area contributed by atoms with Gasteiger partial charge in [0.1, 0.15) is 0 Å². The third-order valence-corrected chi connectivity index (χ3v) is 5.16. The number of hydrogen-bond donors (Lipinski definition) is 2. The highest BCUT2D eigenvalue weighted by molar-refractivity contribution is 7.99. The van der Waals surface area contributed by atoms with E-state index in [1.165, 1.54) is 12.2 Å². The third kappa shape index (κ3) is 4.56. The molecule has 5 heteroatoms. The lowest BCUT2D eigenvalue weighted by Crippen LogP contribution is -2.46. The summed E-state index contributed by atoms with van der Waals surface area (Å²) in [7, 11) is 0. The topological polar surface area (TPSA) is 50.4 Å². The summed E-state index contributed by atoms with van der Waals surface area (Å²) in [6.07, 6.45) is 3.68. The van der Waals surface area contributed by atoms with Crippen molar-refractivity contribution in [2.45, 2.75) is 45.3 Å². The van der Waals surface area contributed by atoms with E-state index in [-0.39, 0.29) is 6.03 Å². The van der Waals surface area contributed by atoms with Crippen LogP contribution in [0.5, 0.6) is 0 Å².